The predicted octanol–water partition coefficient (Wildman–Crippen LogP) is 4.44. The van der Waals surface area contributed by atoms with Gasteiger partial charge in [0.2, 0.25) is 0 Å². The summed E-state index contributed by atoms with van der Waals surface area (Å²) in [6.07, 6.45) is 1.95. The van der Waals surface area contributed by atoms with Gasteiger partial charge in [-0.05, 0) is 25.8 Å². The molecule has 3 rings (SSSR count). The van der Waals surface area contributed by atoms with Crippen LogP contribution in [0.5, 0.6) is 0 Å². The Morgan fingerprint density at radius 3 is 2.72 bits per heavy atom. The number of rotatable bonds is 2. The zero-order valence-corrected chi connectivity index (χ0v) is 12.3. The third kappa shape index (κ3) is 1.79. The van der Waals surface area contributed by atoms with E-state index in [4.69, 9.17) is 0 Å². The van der Waals surface area contributed by atoms with Crippen molar-refractivity contribution >= 4 is 27.3 Å². The van der Waals surface area contributed by atoms with Crippen molar-refractivity contribution in [1.82, 2.24) is 4.98 Å². The van der Waals surface area contributed by atoms with Crippen LogP contribution in [0.4, 0.5) is 0 Å². The van der Waals surface area contributed by atoms with Gasteiger partial charge in [0, 0.05) is 14.9 Å². The van der Waals surface area contributed by atoms with Crippen LogP contribution in [0.2, 0.25) is 0 Å². The first-order valence-corrected chi connectivity index (χ1v) is 7.41. The first-order chi connectivity index (χ1) is 8.66. The van der Waals surface area contributed by atoms with Crippen molar-refractivity contribution < 1.29 is 0 Å². The maximum atomic E-state index is 9.29. The van der Waals surface area contributed by atoms with Gasteiger partial charge in [-0.15, -0.1) is 11.3 Å². The van der Waals surface area contributed by atoms with Gasteiger partial charge < -0.3 is 0 Å². The first-order valence-electron chi connectivity index (χ1n) is 5.80. The van der Waals surface area contributed by atoms with Crippen molar-refractivity contribution in [3.63, 3.8) is 0 Å². The van der Waals surface area contributed by atoms with E-state index in [1.807, 2.05) is 25.1 Å². The van der Waals surface area contributed by atoms with Gasteiger partial charge in [0.25, 0.3) is 0 Å². The van der Waals surface area contributed by atoms with Crippen LogP contribution < -0.4 is 0 Å². The van der Waals surface area contributed by atoms with Gasteiger partial charge in [0.1, 0.15) is 5.01 Å². The van der Waals surface area contributed by atoms with Gasteiger partial charge >= 0.3 is 0 Å². The van der Waals surface area contributed by atoms with Crippen LogP contribution in [-0.2, 0) is 5.41 Å². The summed E-state index contributed by atoms with van der Waals surface area (Å²) in [7, 11) is 0. The van der Waals surface area contributed by atoms with Gasteiger partial charge in [0.15, 0.2) is 0 Å². The molecule has 4 heteroatoms. The molecule has 1 fully saturated rings. The molecule has 1 aromatic heterocycles. The van der Waals surface area contributed by atoms with Gasteiger partial charge in [-0.3, -0.25) is 0 Å². The minimum Gasteiger partial charge on any atom is -0.241 e. The molecule has 0 bridgehead atoms. The van der Waals surface area contributed by atoms with E-state index in [-0.39, 0.29) is 5.41 Å². The highest BCUT2D eigenvalue weighted by molar-refractivity contribution is 9.10. The lowest BCUT2D eigenvalue weighted by molar-refractivity contribution is 0.914. The van der Waals surface area contributed by atoms with E-state index in [1.165, 1.54) is 0 Å². The molecular weight excluding hydrogens is 308 g/mol. The molecule has 0 N–H and O–H groups in total. The Labute approximate surface area is 118 Å². The standard InChI is InChI=1S/C14H11BrN2S/c1-9-12(14(8-16)6-7-14)18-13(17-9)10-4-2-3-5-11(10)15/h2-5H,6-7H2,1H3. The molecule has 0 spiro atoms. The molecular formula is C14H11BrN2S. The topological polar surface area (TPSA) is 36.7 Å². The summed E-state index contributed by atoms with van der Waals surface area (Å²) in [4.78, 5) is 5.78. The molecule has 1 saturated carbocycles. The Morgan fingerprint density at radius 2 is 2.11 bits per heavy atom. The van der Waals surface area contributed by atoms with Crippen molar-refractivity contribution in [3.05, 3.63) is 39.3 Å². The maximum Gasteiger partial charge on any atom is 0.125 e. The molecule has 1 heterocycles. The van der Waals surface area contributed by atoms with E-state index < -0.39 is 0 Å². The molecule has 0 amide bonds. The van der Waals surface area contributed by atoms with Crippen LogP contribution in [0, 0.1) is 18.3 Å². The highest BCUT2D eigenvalue weighted by atomic mass is 79.9. The number of nitriles is 1. The van der Waals surface area contributed by atoms with Gasteiger partial charge in [-0.1, -0.05) is 34.1 Å². The largest absolute Gasteiger partial charge is 0.241 e. The highest BCUT2D eigenvalue weighted by Crippen LogP contribution is 2.52. The predicted molar refractivity (Wildman–Crippen MR) is 76.5 cm³/mol. The van der Waals surface area contributed by atoms with Crippen LogP contribution in [0.1, 0.15) is 23.4 Å². The van der Waals surface area contributed by atoms with Gasteiger partial charge in [0.05, 0.1) is 17.2 Å². The number of halogens is 1. The number of aromatic nitrogens is 1. The summed E-state index contributed by atoms with van der Waals surface area (Å²) in [6, 6.07) is 10.5. The molecule has 1 aromatic carbocycles. The SMILES string of the molecule is Cc1nc(-c2ccccc2Br)sc1C1(C#N)CC1. The summed E-state index contributed by atoms with van der Waals surface area (Å²) in [6.45, 7) is 2.00. The number of aryl methyl sites for hydroxylation is 1. The lowest BCUT2D eigenvalue weighted by Crippen LogP contribution is -2.01. The van der Waals surface area contributed by atoms with Gasteiger partial charge in [-0.25, -0.2) is 4.98 Å². The van der Waals surface area contributed by atoms with E-state index >= 15 is 0 Å². The third-order valence-corrected chi connectivity index (χ3v) is 5.39. The van der Waals surface area contributed by atoms with Gasteiger partial charge in [-0.2, -0.15) is 5.26 Å². The van der Waals surface area contributed by atoms with Crippen molar-refractivity contribution in [2.24, 2.45) is 0 Å². The van der Waals surface area contributed by atoms with E-state index in [9.17, 15) is 5.26 Å². The molecule has 2 nitrogen and oxygen atoms in total. The molecule has 0 unspecified atom stereocenters. The number of thiazole rings is 1. The minimum atomic E-state index is -0.235. The van der Waals surface area contributed by atoms with Crippen LogP contribution >= 0.6 is 27.3 Å². The molecule has 1 aliphatic carbocycles. The van der Waals surface area contributed by atoms with E-state index in [0.29, 0.717) is 0 Å². The van der Waals surface area contributed by atoms with Crippen molar-refractivity contribution in [2.75, 3.05) is 0 Å². The number of hydrogen-bond donors (Lipinski definition) is 0. The summed E-state index contributed by atoms with van der Waals surface area (Å²) < 4.78 is 1.05. The molecule has 1 aliphatic rings. The van der Waals surface area contributed by atoms with E-state index in [2.05, 4.69) is 33.0 Å². The lowest BCUT2D eigenvalue weighted by Gasteiger charge is -2.01. The molecule has 0 saturated heterocycles. The zero-order chi connectivity index (χ0) is 12.8. The molecule has 0 aliphatic heterocycles. The summed E-state index contributed by atoms with van der Waals surface area (Å²) >= 11 is 5.21. The Bertz CT molecular complexity index is 650. The monoisotopic (exact) mass is 318 g/mol. The number of nitrogens with zero attached hydrogens (tertiary/aromatic N) is 2. The average Bonchev–Trinajstić information content (AvgIpc) is 3.07. The van der Waals surface area contributed by atoms with Crippen LogP contribution in [0.15, 0.2) is 28.7 Å². The fraction of sp³-hybridized carbons (Fsp3) is 0.286. The van der Waals surface area contributed by atoms with E-state index in [0.717, 1.165) is 38.5 Å². The Morgan fingerprint density at radius 1 is 1.39 bits per heavy atom. The van der Waals surface area contributed by atoms with Crippen LogP contribution in [0.25, 0.3) is 10.6 Å². The Kier molecular flexibility index (Phi) is 2.76. The fourth-order valence-corrected chi connectivity index (χ4v) is 4.01. The Balaban J connectivity index is 2.09. The summed E-state index contributed by atoms with van der Waals surface area (Å²) in [5.41, 5.74) is 1.87. The minimum absolute atomic E-state index is 0.235. The fourth-order valence-electron chi connectivity index (χ4n) is 2.10. The van der Waals surface area contributed by atoms with Crippen molar-refractivity contribution in [1.29, 1.82) is 5.26 Å². The number of benzene rings is 1. The van der Waals surface area contributed by atoms with Crippen LogP contribution in [-0.4, -0.2) is 4.98 Å². The van der Waals surface area contributed by atoms with Crippen molar-refractivity contribution in [2.45, 2.75) is 25.2 Å². The molecule has 0 radical (unpaired) electrons. The van der Waals surface area contributed by atoms with Crippen molar-refractivity contribution in [3.8, 4) is 16.6 Å². The van der Waals surface area contributed by atoms with Crippen LogP contribution in [0.3, 0.4) is 0 Å². The first kappa shape index (κ1) is 11.9. The highest BCUT2D eigenvalue weighted by Gasteiger charge is 2.47. The Hall–Kier alpha value is -1.18. The second-order valence-corrected chi connectivity index (χ2v) is 6.46. The average molecular weight is 319 g/mol. The molecule has 18 heavy (non-hydrogen) atoms. The summed E-state index contributed by atoms with van der Waals surface area (Å²) in [5.74, 6) is 0. The molecule has 90 valence electrons. The smallest absolute Gasteiger partial charge is 0.125 e. The quantitative estimate of drug-likeness (QED) is 0.821. The molecule has 2 aromatic rings. The normalized spacial score (nSPS) is 16.3. The summed E-state index contributed by atoms with van der Waals surface area (Å²) in [5, 5.41) is 10.3. The second-order valence-electron chi connectivity index (χ2n) is 4.61. The number of hydrogen-bond acceptors (Lipinski definition) is 3. The lowest BCUT2D eigenvalue weighted by atomic mass is 10.1. The zero-order valence-electron chi connectivity index (χ0n) is 9.90. The van der Waals surface area contributed by atoms with E-state index in [1.54, 1.807) is 11.3 Å². The third-order valence-electron chi connectivity index (χ3n) is 3.30. The molecule has 0 atom stereocenters. The second kappa shape index (κ2) is 4.18. The maximum absolute atomic E-state index is 9.29.